The Balaban J connectivity index is 1.60. The number of ether oxygens (including phenoxy) is 3. The number of esters is 1. The van der Waals surface area contributed by atoms with Gasteiger partial charge < -0.3 is 19.5 Å². The van der Waals surface area contributed by atoms with Gasteiger partial charge in [0.2, 0.25) is 0 Å². The number of carbonyl (C=O) groups is 2. The number of methoxy groups -OCH3 is 2. The number of hydrogen-bond acceptors (Lipinski definition) is 6. The molecular formula is C30H31BrClNO5. The molecule has 3 aliphatic rings. The predicted molar refractivity (Wildman–Crippen MR) is 150 cm³/mol. The van der Waals surface area contributed by atoms with Gasteiger partial charge in [0.1, 0.15) is 6.10 Å². The molecular weight excluding hydrogens is 570 g/mol. The summed E-state index contributed by atoms with van der Waals surface area (Å²) in [4.78, 5) is 27.6. The Bertz CT molecular complexity index is 1330. The lowest BCUT2D eigenvalue weighted by atomic mass is 9.71. The van der Waals surface area contributed by atoms with E-state index in [2.05, 4.69) is 21.2 Å². The molecule has 6 nitrogen and oxygen atoms in total. The van der Waals surface area contributed by atoms with Crippen LogP contribution in [0.1, 0.15) is 68.4 Å². The maximum atomic E-state index is 13.9. The SMILES string of the molecule is COc1cc(Br)c([C@@H]2C(C(=O)OC3CCCC3)=C(C)NC3=C2C(=O)C[C@@H](c2ccc(Cl)cc2)C3)cc1OC. The van der Waals surface area contributed by atoms with Crippen molar-refractivity contribution in [2.24, 2.45) is 0 Å². The van der Waals surface area contributed by atoms with E-state index in [1.165, 1.54) is 0 Å². The van der Waals surface area contributed by atoms with Crippen molar-refractivity contribution < 1.29 is 23.8 Å². The van der Waals surface area contributed by atoms with E-state index in [4.69, 9.17) is 25.8 Å². The van der Waals surface area contributed by atoms with Crippen LogP contribution in [-0.2, 0) is 14.3 Å². The monoisotopic (exact) mass is 599 g/mol. The summed E-state index contributed by atoms with van der Waals surface area (Å²) in [5, 5.41) is 4.09. The van der Waals surface area contributed by atoms with Gasteiger partial charge >= 0.3 is 5.97 Å². The van der Waals surface area contributed by atoms with E-state index in [1.807, 2.05) is 43.3 Å². The fraction of sp³-hybridized carbons (Fsp3) is 0.400. The highest BCUT2D eigenvalue weighted by molar-refractivity contribution is 9.10. The first-order chi connectivity index (χ1) is 18.3. The number of rotatable bonds is 6. The number of Topliss-reactive ketones (excluding diaryl/α,β-unsaturated/α-hetero) is 1. The molecule has 1 fully saturated rings. The number of benzene rings is 2. The van der Waals surface area contributed by atoms with E-state index >= 15 is 0 Å². The highest BCUT2D eigenvalue weighted by Gasteiger charge is 2.43. The fourth-order valence-corrected chi connectivity index (χ4v) is 6.58. The summed E-state index contributed by atoms with van der Waals surface area (Å²) in [6, 6.07) is 11.3. The zero-order valence-corrected chi connectivity index (χ0v) is 24.1. The first kappa shape index (κ1) is 26.8. The molecule has 8 heteroatoms. The molecule has 1 N–H and O–H groups in total. The summed E-state index contributed by atoms with van der Waals surface area (Å²) >= 11 is 9.79. The van der Waals surface area contributed by atoms with Crippen LogP contribution in [0.5, 0.6) is 11.5 Å². The molecule has 2 aromatic rings. The molecule has 0 unspecified atom stereocenters. The molecule has 2 atom stereocenters. The average molecular weight is 601 g/mol. The molecule has 0 spiro atoms. The van der Waals surface area contributed by atoms with Crippen molar-refractivity contribution in [1.82, 2.24) is 5.32 Å². The van der Waals surface area contributed by atoms with E-state index in [1.54, 1.807) is 14.2 Å². The van der Waals surface area contributed by atoms with E-state index in [-0.39, 0.29) is 23.8 Å². The second-order valence-electron chi connectivity index (χ2n) is 10.1. The number of carbonyl (C=O) groups excluding carboxylic acids is 2. The third-order valence-corrected chi connectivity index (χ3v) is 8.72. The number of halogens is 2. The smallest absolute Gasteiger partial charge is 0.337 e. The second-order valence-corrected chi connectivity index (χ2v) is 11.4. The molecule has 0 aromatic heterocycles. The molecule has 5 rings (SSSR count). The lowest BCUT2D eigenvalue weighted by Crippen LogP contribution is -2.36. The van der Waals surface area contributed by atoms with E-state index in [0.717, 1.165) is 47.0 Å². The normalized spacial score (nSPS) is 21.8. The summed E-state index contributed by atoms with van der Waals surface area (Å²) < 4.78 is 17.8. The third-order valence-electron chi connectivity index (χ3n) is 7.78. The van der Waals surface area contributed by atoms with Gasteiger partial charge in [-0.1, -0.05) is 39.7 Å². The third kappa shape index (κ3) is 5.10. The summed E-state index contributed by atoms with van der Waals surface area (Å²) in [5.41, 5.74) is 4.42. The van der Waals surface area contributed by atoms with Crippen molar-refractivity contribution in [1.29, 1.82) is 0 Å². The number of dihydropyridines is 1. The molecule has 0 radical (unpaired) electrons. The average Bonchev–Trinajstić information content (AvgIpc) is 3.41. The number of nitrogens with one attached hydrogen (secondary N) is 1. The van der Waals surface area contributed by atoms with Crippen molar-refractivity contribution in [3.63, 3.8) is 0 Å². The molecule has 0 saturated heterocycles. The van der Waals surface area contributed by atoms with Crippen molar-refractivity contribution in [3.05, 3.63) is 79.6 Å². The van der Waals surface area contributed by atoms with Gasteiger partial charge in [0.05, 0.1) is 19.8 Å². The van der Waals surface area contributed by atoms with Crippen LogP contribution in [0.3, 0.4) is 0 Å². The van der Waals surface area contributed by atoms with Crippen LogP contribution in [0.4, 0.5) is 0 Å². The fourth-order valence-electron chi connectivity index (χ4n) is 5.90. The van der Waals surface area contributed by atoms with Gasteiger partial charge in [-0.2, -0.15) is 0 Å². The minimum Gasteiger partial charge on any atom is -0.493 e. The quantitative estimate of drug-likeness (QED) is 0.361. The van der Waals surface area contributed by atoms with Crippen LogP contribution in [0, 0.1) is 0 Å². The highest BCUT2D eigenvalue weighted by atomic mass is 79.9. The minimum atomic E-state index is -0.604. The molecule has 0 amide bonds. The number of allylic oxidation sites excluding steroid dienone is 3. The van der Waals surface area contributed by atoms with Crippen molar-refractivity contribution >= 4 is 39.3 Å². The maximum absolute atomic E-state index is 13.9. The lowest BCUT2D eigenvalue weighted by Gasteiger charge is -2.37. The summed E-state index contributed by atoms with van der Waals surface area (Å²) in [5.74, 6) is 0.111. The molecule has 2 aliphatic carbocycles. The Morgan fingerprint density at radius 1 is 1.03 bits per heavy atom. The van der Waals surface area contributed by atoms with Crippen LogP contribution in [0.25, 0.3) is 0 Å². The zero-order valence-electron chi connectivity index (χ0n) is 21.7. The van der Waals surface area contributed by atoms with E-state index in [9.17, 15) is 9.59 Å². The molecule has 1 aliphatic heterocycles. The Morgan fingerprint density at radius 3 is 2.34 bits per heavy atom. The molecule has 2 aromatic carbocycles. The van der Waals surface area contributed by atoms with Crippen LogP contribution in [0.2, 0.25) is 5.02 Å². The van der Waals surface area contributed by atoms with Crippen LogP contribution in [-0.4, -0.2) is 32.1 Å². The van der Waals surface area contributed by atoms with E-state index < -0.39 is 5.92 Å². The number of ketones is 1. The van der Waals surface area contributed by atoms with Crippen molar-refractivity contribution in [2.75, 3.05) is 14.2 Å². The summed E-state index contributed by atoms with van der Waals surface area (Å²) in [7, 11) is 3.15. The second kappa shape index (κ2) is 11.1. The molecule has 0 bridgehead atoms. The van der Waals surface area contributed by atoms with Gasteiger partial charge in [0, 0.05) is 38.8 Å². The first-order valence-electron chi connectivity index (χ1n) is 12.9. The van der Waals surface area contributed by atoms with Gasteiger partial charge in [-0.3, -0.25) is 4.79 Å². The van der Waals surface area contributed by atoms with Gasteiger partial charge in [-0.05, 0) is 80.3 Å². The summed E-state index contributed by atoms with van der Waals surface area (Å²) in [6.07, 6.45) is 4.74. The van der Waals surface area contributed by atoms with Gasteiger partial charge in [0.15, 0.2) is 17.3 Å². The molecule has 200 valence electrons. The Morgan fingerprint density at radius 2 is 1.68 bits per heavy atom. The maximum Gasteiger partial charge on any atom is 0.337 e. The molecule has 1 saturated carbocycles. The Hall–Kier alpha value is -2.77. The van der Waals surface area contributed by atoms with Crippen molar-refractivity contribution in [2.45, 2.75) is 63.4 Å². The van der Waals surface area contributed by atoms with Crippen LogP contribution >= 0.6 is 27.5 Å². The summed E-state index contributed by atoms with van der Waals surface area (Å²) in [6.45, 7) is 1.88. The van der Waals surface area contributed by atoms with Crippen LogP contribution < -0.4 is 14.8 Å². The topological polar surface area (TPSA) is 73.9 Å². The standard InChI is InChI=1S/C30H31BrClNO5/c1-16-27(30(35)38-20-6-4-5-7-20)28(21-14-25(36-2)26(37-3)15-22(21)31)29-23(33-16)12-18(13-24(29)34)17-8-10-19(32)11-9-17/h8-11,14-15,18,20,28,33H,4-7,12-13H2,1-3H3/t18-,28+/m0/s1. The number of hydrogen-bond donors (Lipinski definition) is 1. The first-order valence-corrected chi connectivity index (χ1v) is 14.1. The van der Waals surface area contributed by atoms with Crippen LogP contribution in [0.15, 0.2) is 63.4 Å². The Labute approximate surface area is 236 Å². The molecule has 38 heavy (non-hydrogen) atoms. The predicted octanol–water partition coefficient (Wildman–Crippen LogP) is 6.97. The van der Waals surface area contributed by atoms with Gasteiger partial charge in [-0.15, -0.1) is 0 Å². The zero-order chi connectivity index (χ0) is 27.0. The highest BCUT2D eigenvalue weighted by Crippen LogP contribution is 2.49. The van der Waals surface area contributed by atoms with Crippen molar-refractivity contribution in [3.8, 4) is 11.5 Å². The van der Waals surface area contributed by atoms with Gasteiger partial charge in [-0.25, -0.2) is 4.79 Å². The Kier molecular flexibility index (Phi) is 7.87. The largest absolute Gasteiger partial charge is 0.493 e. The lowest BCUT2D eigenvalue weighted by molar-refractivity contribution is -0.144. The van der Waals surface area contributed by atoms with E-state index in [0.29, 0.717) is 46.2 Å². The van der Waals surface area contributed by atoms with Gasteiger partial charge in [0.25, 0.3) is 0 Å². The molecule has 1 heterocycles. The minimum absolute atomic E-state index is 0.00375.